The molecule has 0 spiro atoms. The Morgan fingerprint density at radius 3 is 2.36 bits per heavy atom. The second-order valence-corrected chi connectivity index (χ2v) is 5.40. The molecule has 0 N–H and O–H groups in total. The third kappa shape index (κ3) is 3.82. The molecule has 0 bridgehead atoms. The van der Waals surface area contributed by atoms with E-state index in [2.05, 4.69) is 0 Å². The van der Waals surface area contributed by atoms with E-state index in [1.165, 1.54) is 12.1 Å². The van der Waals surface area contributed by atoms with Crippen molar-refractivity contribution in [3.8, 4) is 22.9 Å². The normalized spacial score (nSPS) is 10.0. The molecule has 0 aliphatic heterocycles. The molecular formula is C20H14N2O3. The van der Waals surface area contributed by atoms with Gasteiger partial charge in [0.1, 0.15) is 18.4 Å². The van der Waals surface area contributed by atoms with Crippen LogP contribution in [0.2, 0.25) is 0 Å². The smallest absolute Gasteiger partial charge is 0.270 e. The van der Waals surface area contributed by atoms with Crippen LogP contribution in [0.15, 0.2) is 72.8 Å². The van der Waals surface area contributed by atoms with Crippen molar-refractivity contribution in [1.82, 2.24) is 0 Å². The Morgan fingerprint density at radius 1 is 1.00 bits per heavy atom. The van der Waals surface area contributed by atoms with E-state index in [0.717, 1.165) is 11.1 Å². The average molecular weight is 330 g/mol. The minimum absolute atomic E-state index is 0.0943. The zero-order valence-corrected chi connectivity index (χ0v) is 13.3. The fraction of sp³-hybridized carbons (Fsp3) is 0.0500. The molecule has 25 heavy (non-hydrogen) atoms. The Morgan fingerprint density at radius 2 is 1.72 bits per heavy atom. The van der Waals surface area contributed by atoms with Crippen LogP contribution in [0.1, 0.15) is 11.1 Å². The molecule has 0 aromatic heterocycles. The summed E-state index contributed by atoms with van der Waals surface area (Å²) in [6.07, 6.45) is 0. The summed E-state index contributed by atoms with van der Waals surface area (Å²) in [5.74, 6) is 0.716. The van der Waals surface area contributed by atoms with Gasteiger partial charge in [-0.15, -0.1) is 0 Å². The first-order chi connectivity index (χ1) is 12.2. The van der Waals surface area contributed by atoms with Gasteiger partial charge in [0.15, 0.2) is 0 Å². The summed E-state index contributed by atoms with van der Waals surface area (Å²) >= 11 is 0. The Hall–Kier alpha value is -3.65. The SMILES string of the molecule is N#Cc1cc([N+](=O)[O-])ccc1-c1ccc(OCc2ccccc2)cc1. The number of nitriles is 1. The van der Waals surface area contributed by atoms with E-state index in [1.807, 2.05) is 60.7 Å². The minimum atomic E-state index is -0.509. The van der Waals surface area contributed by atoms with Crippen molar-refractivity contribution in [2.45, 2.75) is 6.61 Å². The summed E-state index contributed by atoms with van der Waals surface area (Å²) in [6, 6.07) is 23.5. The molecule has 0 atom stereocenters. The maximum absolute atomic E-state index is 10.8. The predicted molar refractivity (Wildman–Crippen MR) is 94.0 cm³/mol. The number of nitro benzene ring substituents is 1. The molecule has 0 saturated carbocycles. The maximum Gasteiger partial charge on any atom is 0.270 e. The molecule has 122 valence electrons. The van der Waals surface area contributed by atoms with Crippen LogP contribution in [0.4, 0.5) is 5.69 Å². The molecule has 0 amide bonds. The Balaban J connectivity index is 1.78. The number of hydrogen-bond donors (Lipinski definition) is 0. The van der Waals surface area contributed by atoms with Crippen LogP contribution in [-0.4, -0.2) is 4.92 Å². The Bertz CT molecular complexity index is 929. The van der Waals surface area contributed by atoms with E-state index in [-0.39, 0.29) is 11.3 Å². The van der Waals surface area contributed by atoms with Crippen molar-refractivity contribution in [2.75, 3.05) is 0 Å². The van der Waals surface area contributed by atoms with Crippen molar-refractivity contribution in [3.63, 3.8) is 0 Å². The molecule has 3 rings (SSSR count). The zero-order chi connectivity index (χ0) is 17.6. The largest absolute Gasteiger partial charge is 0.489 e. The molecule has 5 heteroatoms. The molecule has 0 aliphatic rings. The van der Waals surface area contributed by atoms with Gasteiger partial charge in [-0.3, -0.25) is 10.1 Å². The van der Waals surface area contributed by atoms with Gasteiger partial charge in [0.2, 0.25) is 0 Å². The third-order valence-corrected chi connectivity index (χ3v) is 3.75. The van der Waals surface area contributed by atoms with Gasteiger partial charge in [0.25, 0.3) is 5.69 Å². The lowest BCUT2D eigenvalue weighted by Crippen LogP contribution is -1.95. The van der Waals surface area contributed by atoms with E-state index >= 15 is 0 Å². The lowest BCUT2D eigenvalue weighted by molar-refractivity contribution is -0.384. The summed E-state index contributed by atoms with van der Waals surface area (Å²) in [5.41, 5.74) is 2.71. The highest BCUT2D eigenvalue weighted by molar-refractivity contribution is 5.72. The van der Waals surface area contributed by atoms with Crippen molar-refractivity contribution >= 4 is 5.69 Å². The molecular weight excluding hydrogens is 316 g/mol. The number of hydrogen-bond acceptors (Lipinski definition) is 4. The lowest BCUT2D eigenvalue weighted by Gasteiger charge is -2.08. The van der Waals surface area contributed by atoms with Crippen LogP contribution in [0.3, 0.4) is 0 Å². The molecule has 0 saturated heterocycles. The summed E-state index contributed by atoms with van der Waals surface area (Å²) in [6.45, 7) is 0.473. The third-order valence-electron chi connectivity index (χ3n) is 3.75. The highest BCUT2D eigenvalue weighted by atomic mass is 16.6. The van der Waals surface area contributed by atoms with Gasteiger partial charge in [-0.1, -0.05) is 42.5 Å². The number of nitrogens with zero attached hydrogens (tertiary/aromatic N) is 2. The number of rotatable bonds is 5. The van der Waals surface area contributed by atoms with Gasteiger partial charge < -0.3 is 4.74 Å². The highest BCUT2D eigenvalue weighted by Crippen LogP contribution is 2.28. The lowest BCUT2D eigenvalue weighted by atomic mass is 10.00. The van der Waals surface area contributed by atoms with Gasteiger partial charge in [0.05, 0.1) is 10.5 Å². The predicted octanol–water partition coefficient (Wildman–Crippen LogP) is 4.71. The van der Waals surface area contributed by atoms with Gasteiger partial charge in [-0.05, 0) is 34.9 Å². The fourth-order valence-corrected chi connectivity index (χ4v) is 2.46. The van der Waals surface area contributed by atoms with Gasteiger partial charge in [-0.25, -0.2) is 0 Å². The van der Waals surface area contributed by atoms with Gasteiger partial charge >= 0.3 is 0 Å². The Kier molecular flexibility index (Phi) is 4.72. The van der Waals surface area contributed by atoms with E-state index in [9.17, 15) is 15.4 Å². The topological polar surface area (TPSA) is 76.2 Å². The second-order valence-electron chi connectivity index (χ2n) is 5.40. The zero-order valence-electron chi connectivity index (χ0n) is 13.3. The molecule has 0 heterocycles. The van der Waals surface area contributed by atoms with Gasteiger partial charge in [0, 0.05) is 12.1 Å². The average Bonchev–Trinajstić information content (AvgIpc) is 2.67. The highest BCUT2D eigenvalue weighted by Gasteiger charge is 2.12. The number of ether oxygens (including phenoxy) is 1. The molecule has 0 radical (unpaired) electrons. The molecule has 0 unspecified atom stereocenters. The van der Waals surface area contributed by atoms with E-state index in [1.54, 1.807) is 6.07 Å². The number of non-ortho nitro benzene ring substituents is 1. The number of benzene rings is 3. The Labute approximate surface area is 144 Å². The van der Waals surface area contributed by atoms with Crippen LogP contribution < -0.4 is 4.74 Å². The first-order valence-electron chi connectivity index (χ1n) is 7.63. The summed E-state index contributed by atoms with van der Waals surface area (Å²) in [5, 5.41) is 20.1. The monoisotopic (exact) mass is 330 g/mol. The van der Waals surface area contributed by atoms with Crippen LogP contribution >= 0.6 is 0 Å². The molecule has 0 aliphatic carbocycles. The second kappa shape index (κ2) is 7.28. The fourth-order valence-electron chi connectivity index (χ4n) is 2.46. The van der Waals surface area contributed by atoms with E-state index < -0.39 is 4.92 Å². The molecule has 3 aromatic rings. The number of nitro groups is 1. The van der Waals surface area contributed by atoms with Crippen LogP contribution in [0.5, 0.6) is 5.75 Å². The van der Waals surface area contributed by atoms with Crippen molar-refractivity contribution in [3.05, 3.63) is 94.0 Å². The molecule has 5 nitrogen and oxygen atoms in total. The summed E-state index contributed by atoms with van der Waals surface area (Å²) < 4.78 is 5.74. The quantitative estimate of drug-likeness (QED) is 0.501. The summed E-state index contributed by atoms with van der Waals surface area (Å²) in [4.78, 5) is 10.3. The van der Waals surface area contributed by atoms with Crippen LogP contribution in [0.25, 0.3) is 11.1 Å². The van der Waals surface area contributed by atoms with Crippen molar-refractivity contribution in [1.29, 1.82) is 5.26 Å². The first kappa shape index (κ1) is 16.2. The minimum Gasteiger partial charge on any atom is -0.489 e. The molecule has 3 aromatic carbocycles. The van der Waals surface area contributed by atoms with Crippen LogP contribution in [-0.2, 0) is 6.61 Å². The molecule has 0 fully saturated rings. The summed E-state index contributed by atoms with van der Waals surface area (Å²) in [7, 11) is 0. The van der Waals surface area contributed by atoms with E-state index in [4.69, 9.17) is 4.74 Å². The van der Waals surface area contributed by atoms with E-state index in [0.29, 0.717) is 17.9 Å². The van der Waals surface area contributed by atoms with Crippen molar-refractivity contribution in [2.24, 2.45) is 0 Å². The van der Waals surface area contributed by atoms with Crippen molar-refractivity contribution < 1.29 is 9.66 Å². The maximum atomic E-state index is 10.8. The van der Waals surface area contributed by atoms with Crippen LogP contribution in [0, 0.1) is 21.4 Å². The standard InChI is InChI=1S/C20H14N2O3/c21-13-17-12-18(22(23)24)8-11-20(17)16-6-9-19(10-7-16)25-14-15-4-2-1-3-5-15/h1-12H,14H2. The van der Waals surface area contributed by atoms with Gasteiger partial charge in [-0.2, -0.15) is 5.26 Å². The first-order valence-corrected chi connectivity index (χ1v) is 7.63.